The summed E-state index contributed by atoms with van der Waals surface area (Å²) >= 11 is 0.985. The van der Waals surface area contributed by atoms with Gasteiger partial charge in [0.2, 0.25) is 0 Å². The van der Waals surface area contributed by atoms with Crippen LogP contribution in [0.5, 0.6) is 5.75 Å². The Hall–Kier alpha value is -2.86. The molecule has 216 valence electrons. The van der Waals surface area contributed by atoms with Gasteiger partial charge < -0.3 is 25.0 Å². The fourth-order valence-electron chi connectivity index (χ4n) is 5.50. The van der Waals surface area contributed by atoms with E-state index in [1.165, 1.54) is 0 Å². The molecule has 2 heterocycles. The van der Waals surface area contributed by atoms with Crippen molar-refractivity contribution in [3.63, 3.8) is 0 Å². The third-order valence-corrected chi connectivity index (χ3v) is 8.78. The summed E-state index contributed by atoms with van der Waals surface area (Å²) in [6.45, 7) is 1.45. The van der Waals surface area contributed by atoms with Crippen LogP contribution in [0.2, 0.25) is 0 Å². The summed E-state index contributed by atoms with van der Waals surface area (Å²) in [4.78, 5) is 18.1. The predicted octanol–water partition coefficient (Wildman–Crippen LogP) is 5.32. The number of hydrogen-bond donors (Lipinski definition) is 3. The molecule has 1 aliphatic heterocycles. The highest BCUT2D eigenvalue weighted by Crippen LogP contribution is 2.42. The van der Waals surface area contributed by atoms with Crippen molar-refractivity contribution in [1.29, 1.82) is 0 Å². The molecular formula is C29H33F3N2O5S. The second-order valence-corrected chi connectivity index (χ2v) is 11.4. The van der Waals surface area contributed by atoms with E-state index in [0.29, 0.717) is 91.0 Å². The van der Waals surface area contributed by atoms with Gasteiger partial charge in [-0.3, -0.25) is 9.78 Å². The third-order valence-electron chi connectivity index (χ3n) is 7.71. The number of fused-ring (bicyclic) bond motifs is 1. The van der Waals surface area contributed by atoms with Crippen molar-refractivity contribution in [2.24, 2.45) is 5.41 Å². The highest BCUT2D eigenvalue weighted by Gasteiger charge is 2.37. The second-order valence-electron chi connectivity index (χ2n) is 10.3. The molecule has 11 heteroatoms. The molecule has 3 aromatic rings. The molecule has 0 radical (unpaired) electrons. The summed E-state index contributed by atoms with van der Waals surface area (Å²) in [5, 5.41) is 31.6. The molecule has 0 saturated carbocycles. The minimum Gasteiger partial charge on any atom is -0.497 e. The molecule has 0 spiro atoms. The first-order chi connectivity index (χ1) is 19.1. The van der Waals surface area contributed by atoms with E-state index in [4.69, 9.17) is 4.74 Å². The van der Waals surface area contributed by atoms with E-state index in [1.807, 2.05) is 0 Å². The van der Waals surface area contributed by atoms with Gasteiger partial charge in [-0.2, -0.15) is 0 Å². The molecule has 0 bridgehead atoms. The Labute approximate surface area is 235 Å². The number of thioether (sulfide) groups is 1. The lowest BCUT2D eigenvalue weighted by Crippen LogP contribution is -2.42. The predicted molar refractivity (Wildman–Crippen MR) is 146 cm³/mol. The lowest BCUT2D eigenvalue weighted by atomic mass is 9.71. The van der Waals surface area contributed by atoms with Crippen LogP contribution in [0, 0.1) is 22.9 Å². The number of aliphatic hydroxyl groups is 2. The molecule has 1 saturated heterocycles. The van der Waals surface area contributed by atoms with E-state index >= 15 is 0 Å². The average Bonchev–Trinajstić information content (AvgIpc) is 2.92. The van der Waals surface area contributed by atoms with E-state index in [-0.39, 0.29) is 17.9 Å². The number of carboxylic acid groups (broad SMARTS) is 1. The van der Waals surface area contributed by atoms with Gasteiger partial charge in [0, 0.05) is 41.6 Å². The molecule has 2 aromatic carbocycles. The first kappa shape index (κ1) is 30.1. The van der Waals surface area contributed by atoms with Crippen molar-refractivity contribution in [3.05, 3.63) is 65.1 Å². The van der Waals surface area contributed by atoms with Gasteiger partial charge in [-0.15, -0.1) is 11.8 Å². The quantitative estimate of drug-likeness (QED) is 0.249. The SMILES string of the molecule is COc1ccc2ncc(CO)c(C(O)CCC3(CC(=O)O)CCN(CCSc4c(F)cc(F)cc4F)CC3)c2c1. The summed E-state index contributed by atoms with van der Waals surface area (Å²) in [5.41, 5.74) is 1.19. The summed E-state index contributed by atoms with van der Waals surface area (Å²) in [6, 6.07) is 6.65. The normalized spacial score (nSPS) is 16.2. The van der Waals surface area contributed by atoms with Crippen LogP contribution in [0.15, 0.2) is 41.4 Å². The van der Waals surface area contributed by atoms with Gasteiger partial charge in [0.15, 0.2) is 0 Å². The Balaban J connectivity index is 1.41. The lowest BCUT2D eigenvalue weighted by Gasteiger charge is -2.41. The van der Waals surface area contributed by atoms with Crippen LogP contribution in [0.4, 0.5) is 13.2 Å². The van der Waals surface area contributed by atoms with E-state index in [9.17, 15) is 33.3 Å². The molecule has 1 unspecified atom stereocenters. The molecule has 0 amide bonds. The minimum absolute atomic E-state index is 0.0356. The number of piperidine rings is 1. The first-order valence-electron chi connectivity index (χ1n) is 13.1. The number of benzene rings is 2. The zero-order valence-electron chi connectivity index (χ0n) is 22.2. The number of aliphatic hydroxyl groups excluding tert-OH is 2. The van der Waals surface area contributed by atoms with Crippen molar-refractivity contribution < 1.29 is 38.0 Å². The van der Waals surface area contributed by atoms with Crippen LogP contribution >= 0.6 is 11.8 Å². The zero-order chi connectivity index (χ0) is 28.9. The molecule has 1 aliphatic rings. The molecular weight excluding hydrogens is 545 g/mol. The zero-order valence-corrected chi connectivity index (χ0v) is 23.0. The Kier molecular flexibility index (Phi) is 9.94. The standard InChI is InChI=1S/C29H33F3N2O5S/c1-39-20-2-3-24-21(14-20)27(18(17-35)16-33-24)25(36)4-5-29(15-26(37)38)6-8-34(9-7-29)10-11-40-28-22(31)12-19(30)13-23(28)32/h2-3,12-14,16,25,35-36H,4-11,15,17H2,1H3,(H,37,38). The molecule has 3 N–H and O–H groups in total. The number of halogens is 3. The summed E-state index contributed by atoms with van der Waals surface area (Å²) in [5.74, 6) is -2.73. The van der Waals surface area contributed by atoms with E-state index in [0.717, 1.165) is 11.8 Å². The number of pyridine rings is 1. The van der Waals surface area contributed by atoms with Crippen molar-refractivity contribution in [2.75, 3.05) is 32.5 Å². The Morgan fingerprint density at radius 3 is 2.50 bits per heavy atom. The van der Waals surface area contributed by atoms with Gasteiger partial charge in [-0.25, -0.2) is 13.2 Å². The van der Waals surface area contributed by atoms with Gasteiger partial charge >= 0.3 is 5.97 Å². The molecule has 4 rings (SSSR count). The number of aliphatic carboxylic acids is 1. The van der Waals surface area contributed by atoms with Gasteiger partial charge in [0.1, 0.15) is 23.2 Å². The summed E-state index contributed by atoms with van der Waals surface area (Å²) < 4.78 is 46.3. The summed E-state index contributed by atoms with van der Waals surface area (Å²) in [6.07, 6.45) is 2.51. The Bertz CT molecular complexity index is 1320. The lowest BCUT2D eigenvalue weighted by molar-refractivity contribution is -0.141. The smallest absolute Gasteiger partial charge is 0.303 e. The number of ether oxygens (including phenoxy) is 1. The molecule has 7 nitrogen and oxygen atoms in total. The molecule has 0 aliphatic carbocycles. The number of methoxy groups -OCH3 is 1. The van der Waals surface area contributed by atoms with Crippen molar-refractivity contribution in [2.45, 2.75) is 49.7 Å². The first-order valence-corrected chi connectivity index (χ1v) is 14.1. The maximum Gasteiger partial charge on any atom is 0.303 e. The van der Waals surface area contributed by atoms with E-state index in [1.54, 1.807) is 31.5 Å². The third kappa shape index (κ3) is 7.06. The highest BCUT2D eigenvalue weighted by molar-refractivity contribution is 7.99. The van der Waals surface area contributed by atoms with Crippen LogP contribution in [0.3, 0.4) is 0 Å². The number of carboxylic acids is 1. The maximum absolute atomic E-state index is 13.9. The number of hydrogen-bond acceptors (Lipinski definition) is 7. The van der Waals surface area contributed by atoms with Gasteiger partial charge in [0.05, 0.1) is 36.7 Å². The number of likely N-dealkylation sites (tertiary alicyclic amines) is 1. The molecule has 1 fully saturated rings. The van der Waals surface area contributed by atoms with Crippen LogP contribution < -0.4 is 4.74 Å². The van der Waals surface area contributed by atoms with Crippen molar-refractivity contribution in [3.8, 4) is 5.75 Å². The maximum atomic E-state index is 13.9. The Morgan fingerprint density at radius 2 is 1.88 bits per heavy atom. The molecule has 1 aromatic heterocycles. The largest absolute Gasteiger partial charge is 0.497 e. The Morgan fingerprint density at radius 1 is 1.18 bits per heavy atom. The molecule has 40 heavy (non-hydrogen) atoms. The monoisotopic (exact) mass is 578 g/mol. The highest BCUT2D eigenvalue weighted by atomic mass is 32.2. The summed E-state index contributed by atoms with van der Waals surface area (Å²) in [7, 11) is 1.54. The van der Waals surface area contributed by atoms with E-state index < -0.39 is 34.9 Å². The van der Waals surface area contributed by atoms with Gasteiger partial charge in [-0.05, 0) is 68.0 Å². The van der Waals surface area contributed by atoms with Crippen molar-refractivity contribution >= 4 is 28.6 Å². The fraction of sp³-hybridized carbons (Fsp3) is 0.448. The van der Waals surface area contributed by atoms with Crippen LogP contribution in [-0.2, 0) is 11.4 Å². The van der Waals surface area contributed by atoms with Gasteiger partial charge in [-0.1, -0.05) is 0 Å². The van der Waals surface area contributed by atoms with Crippen LogP contribution in [0.1, 0.15) is 49.3 Å². The van der Waals surface area contributed by atoms with Crippen LogP contribution in [-0.4, -0.2) is 63.7 Å². The second kappa shape index (κ2) is 13.2. The van der Waals surface area contributed by atoms with Crippen LogP contribution in [0.25, 0.3) is 10.9 Å². The molecule has 1 atom stereocenters. The minimum atomic E-state index is -0.959. The average molecular weight is 579 g/mol. The van der Waals surface area contributed by atoms with E-state index in [2.05, 4.69) is 9.88 Å². The topological polar surface area (TPSA) is 103 Å². The number of rotatable bonds is 12. The number of aromatic nitrogens is 1. The van der Waals surface area contributed by atoms with Crippen molar-refractivity contribution in [1.82, 2.24) is 9.88 Å². The number of nitrogens with zero attached hydrogens (tertiary/aromatic N) is 2. The fourth-order valence-corrected chi connectivity index (χ4v) is 6.44. The van der Waals surface area contributed by atoms with Gasteiger partial charge in [0.25, 0.3) is 0 Å². The number of carbonyl (C=O) groups is 1.